The standard InChI is InChI=1S/C23H24ClFN2O2/c1-13-22(14(2)29-27-13)16-6-3-5-15(9-16)17-10-18(11-17)26-21(12-28)19-7-4-8-20(24)23(19)25/h3-9,17-18,21,26,28H,10-12H2,1-2H3. The van der Waals surface area contributed by atoms with E-state index < -0.39 is 11.9 Å². The fourth-order valence-corrected chi connectivity index (χ4v) is 4.37. The molecule has 0 amide bonds. The van der Waals surface area contributed by atoms with Crippen molar-refractivity contribution in [2.24, 2.45) is 0 Å². The lowest BCUT2D eigenvalue weighted by Gasteiger charge is -2.39. The molecule has 29 heavy (non-hydrogen) atoms. The van der Waals surface area contributed by atoms with Gasteiger partial charge in [-0.15, -0.1) is 0 Å². The zero-order valence-corrected chi connectivity index (χ0v) is 17.2. The number of hydrogen-bond donors (Lipinski definition) is 2. The third-order valence-corrected chi connectivity index (χ3v) is 6.09. The van der Waals surface area contributed by atoms with E-state index >= 15 is 0 Å². The van der Waals surface area contributed by atoms with Crippen LogP contribution >= 0.6 is 11.6 Å². The van der Waals surface area contributed by atoms with E-state index in [1.807, 2.05) is 13.8 Å². The predicted octanol–water partition coefficient (Wildman–Crippen LogP) is 5.32. The Labute approximate surface area is 174 Å². The van der Waals surface area contributed by atoms with Gasteiger partial charge < -0.3 is 14.9 Å². The number of aliphatic hydroxyl groups excluding tert-OH is 1. The summed E-state index contributed by atoms with van der Waals surface area (Å²) in [5, 5.41) is 17.3. The lowest BCUT2D eigenvalue weighted by atomic mass is 9.75. The van der Waals surface area contributed by atoms with Crippen molar-refractivity contribution in [2.45, 2.75) is 44.7 Å². The number of nitrogens with zero attached hydrogens (tertiary/aromatic N) is 1. The maximum absolute atomic E-state index is 14.3. The fourth-order valence-electron chi connectivity index (χ4n) is 4.18. The zero-order chi connectivity index (χ0) is 20.5. The van der Waals surface area contributed by atoms with Gasteiger partial charge in [0.1, 0.15) is 11.6 Å². The van der Waals surface area contributed by atoms with E-state index in [1.54, 1.807) is 12.1 Å². The van der Waals surface area contributed by atoms with Crippen molar-refractivity contribution in [3.63, 3.8) is 0 Å². The second-order valence-electron chi connectivity index (χ2n) is 7.73. The molecule has 1 fully saturated rings. The fraction of sp³-hybridized carbons (Fsp3) is 0.348. The van der Waals surface area contributed by atoms with Crippen molar-refractivity contribution in [1.29, 1.82) is 0 Å². The van der Waals surface area contributed by atoms with Crippen LogP contribution in [0.1, 0.15) is 47.4 Å². The molecule has 0 saturated heterocycles. The van der Waals surface area contributed by atoms with Gasteiger partial charge >= 0.3 is 0 Å². The second-order valence-corrected chi connectivity index (χ2v) is 8.14. The van der Waals surface area contributed by atoms with E-state index in [9.17, 15) is 9.50 Å². The SMILES string of the molecule is Cc1noc(C)c1-c1cccc(C2CC(NC(CO)c3cccc(Cl)c3F)C2)c1. The van der Waals surface area contributed by atoms with Crippen LogP contribution in [-0.4, -0.2) is 22.9 Å². The summed E-state index contributed by atoms with van der Waals surface area (Å²) in [6, 6.07) is 13.1. The Kier molecular flexibility index (Phi) is 5.72. The van der Waals surface area contributed by atoms with Crippen LogP contribution in [0.2, 0.25) is 5.02 Å². The number of aromatic nitrogens is 1. The van der Waals surface area contributed by atoms with Gasteiger partial charge in [-0.05, 0) is 49.8 Å². The molecule has 4 nitrogen and oxygen atoms in total. The topological polar surface area (TPSA) is 58.3 Å². The Morgan fingerprint density at radius 1 is 1.24 bits per heavy atom. The summed E-state index contributed by atoms with van der Waals surface area (Å²) in [5.74, 6) is 0.780. The van der Waals surface area contributed by atoms with Gasteiger partial charge in [0.25, 0.3) is 0 Å². The monoisotopic (exact) mass is 414 g/mol. The minimum atomic E-state index is -0.469. The molecular weight excluding hydrogens is 391 g/mol. The predicted molar refractivity (Wildman–Crippen MR) is 112 cm³/mol. The molecular formula is C23H24ClFN2O2. The second kappa shape index (κ2) is 8.27. The van der Waals surface area contributed by atoms with Crippen molar-refractivity contribution in [2.75, 3.05) is 6.61 Å². The molecule has 1 aliphatic rings. The highest BCUT2D eigenvalue weighted by Gasteiger charge is 2.32. The first kappa shape index (κ1) is 20.1. The molecule has 0 aliphatic heterocycles. The smallest absolute Gasteiger partial charge is 0.146 e. The van der Waals surface area contributed by atoms with Crippen LogP contribution in [0.15, 0.2) is 47.0 Å². The summed E-state index contributed by atoms with van der Waals surface area (Å²) in [6.07, 6.45) is 1.87. The quantitative estimate of drug-likeness (QED) is 0.573. The van der Waals surface area contributed by atoms with E-state index in [2.05, 4.69) is 34.7 Å². The number of benzene rings is 2. The average Bonchev–Trinajstić information content (AvgIpc) is 3.02. The molecule has 2 N–H and O–H groups in total. The zero-order valence-electron chi connectivity index (χ0n) is 16.5. The van der Waals surface area contributed by atoms with Gasteiger partial charge in [-0.2, -0.15) is 0 Å². The van der Waals surface area contributed by atoms with Crippen LogP contribution in [-0.2, 0) is 0 Å². The first-order valence-electron chi connectivity index (χ1n) is 9.82. The van der Waals surface area contributed by atoms with Crippen molar-refractivity contribution < 1.29 is 14.0 Å². The molecule has 3 aromatic rings. The van der Waals surface area contributed by atoms with E-state index in [0.717, 1.165) is 35.4 Å². The summed E-state index contributed by atoms with van der Waals surface area (Å²) in [6.45, 7) is 3.70. The molecule has 1 atom stereocenters. The molecule has 6 heteroatoms. The summed E-state index contributed by atoms with van der Waals surface area (Å²) in [7, 11) is 0. The van der Waals surface area contributed by atoms with Crippen molar-refractivity contribution in [3.8, 4) is 11.1 Å². The third kappa shape index (κ3) is 3.95. The van der Waals surface area contributed by atoms with E-state index in [4.69, 9.17) is 16.1 Å². The first-order valence-corrected chi connectivity index (χ1v) is 10.2. The third-order valence-electron chi connectivity index (χ3n) is 5.79. The Hall–Kier alpha value is -2.21. The lowest BCUT2D eigenvalue weighted by molar-refractivity contribution is 0.194. The van der Waals surface area contributed by atoms with Crippen LogP contribution < -0.4 is 5.32 Å². The van der Waals surface area contributed by atoms with Gasteiger partial charge in [-0.1, -0.05) is 53.2 Å². The molecule has 4 rings (SSSR count). The highest BCUT2D eigenvalue weighted by atomic mass is 35.5. The van der Waals surface area contributed by atoms with Gasteiger partial charge in [-0.3, -0.25) is 0 Å². The normalized spacial score (nSPS) is 19.8. The number of nitrogens with one attached hydrogen (secondary N) is 1. The molecule has 152 valence electrons. The summed E-state index contributed by atoms with van der Waals surface area (Å²) >= 11 is 5.89. The van der Waals surface area contributed by atoms with E-state index in [-0.39, 0.29) is 17.7 Å². The van der Waals surface area contributed by atoms with Crippen LogP contribution in [0, 0.1) is 19.7 Å². The molecule has 1 saturated carbocycles. The van der Waals surface area contributed by atoms with Crippen molar-refractivity contribution in [1.82, 2.24) is 10.5 Å². The van der Waals surface area contributed by atoms with Crippen LogP contribution in [0.5, 0.6) is 0 Å². The number of rotatable bonds is 6. The van der Waals surface area contributed by atoms with Crippen LogP contribution in [0.4, 0.5) is 4.39 Å². The van der Waals surface area contributed by atoms with Crippen LogP contribution in [0.25, 0.3) is 11.1 Å². The highest BCUT2D eigenvalue weighted by Crippen LogP contribution is 2.40. The largest absolute Gasteiger partial charge is 0.394 e. The molecule has 1 heterocycles. The summed E-state index contributed by atoms with van der Waals surface area (Å²) in [5.41, 5.74) is 4.74. The lowest BCUT2D eigenvalue weighted by Crippen LogP contribution is -2.43. The van der Waals surface area contributed by atoms with E-state index in [0.29, 0.717) is 11.5 Å². The first-order chi connectivity index (χ1) is 14.0. The van der Waals surface area contributed by atoms with Crippen molar-refractivity contribution >= 4 is 11.6 Å². The molecule has 0 radical (unpaired) electrons. The maximum atomic E-state index is 14.3. The number of hydrogen-bond acceptors (Lipinski definition) is 4. The Balaban J connectivity index is 1.44. The Morgan fingerprint density at radius 3 is 2.69 bits per heavy atom. The van der Waals surface area contributed by atoms with Gasteiger partial charge in [-0.25, -0.2) is 4.39 Å². The van der Waals surface area contributed by atoms with Gasteiger partial charge in [0.15, 0.2) is 0 Å². The molecule has 0 bridgehead atoms. The van der Waals surface area contributed by atoms with Gasteiger partial charge in [0.05, 0.1) is 23.4 Å². The van der Waals surface area contributed by atoms with Gasteiger partial charge in [0, 0.05) is 17.2 Å². The van der Waals surface area contributed by atoms with Gasteiger partial charge in [0.2, 0.25) is 0 Å². The Morgan fingerprint density at radius 2 is 2.00 bits per heavy atom. The summed E-state index contributed by atoms with van der Waals surface area (Å²) < 4.78 is 19.6. The molecule has 0 spiro atoms. The molecule has 1 aliphatic carbocycles. The number of aliphatic hydroxyl groups is 1. The molecule has 2 aromatic carbocycles. The van der Waals surface area contributed by atoms with Crippen LogP contribution in [0.3, 0.4) is 0 Å². The minimum absolute atomic E-state index is 0.0744. The van der Waals surface area contributed by atoms with Crippen molar-refractivity contribution in [3.05, 3.63) is 75.9 Å². The molecule has 1 aromatic heterocycles. The minimum Gasteiger partial charge on any atom is -0.394 e. The molecule has 1 unspecified atom stereocenters. The summed E-state index contributed by atoms with van der Waals surface area (Å²) in [4.78, 5) is 0. The average molecular weight is 415 g/mol. The maximum Gasteiger partial charge on any atom is 0.146 e. The van der Waals surface area contributed by atoms with E-state index in [1.165, 1.54) is 11.6 Å². The number of aryl methyl sites for hydroxylation is 2. The highest BCUT2D eigenvalue weighted by molar-refractivity contribution is 6.30. The Bertz CT molecular complexity index is 994. The number of halogens is 2.